The average molecular weight is 762 g/mol. The Balaban J connectivity index is 4.51. The minimum atomic E-state index is -4.64. The number of esters is 2. The highest BCUT2D eigenvalue weighted by atomic mass is 31.2. The van der Waals surface area contributed by atoms with Crippen LogP contribution in [0.3, 0.4) is 0 Å². The summed E-state index contributed by atoms with van der Waals surface area (Å²) in [6.45, 7) is 3.87. The number of phosphoric ester groups is 1. The molecule has 2 atom stereocenters. The number of phosphoric acid groups is 1. The van der Waals surface area contributed by atoms with Crippen molar-refractivity contribution in [2.45, 2.75) is 129 Å². The topological polar surface area (TPSA) is 111 Å². The van der Waals surface area contributed by atoms with Crippen LogP contribution in [0.5, 0.6) is 0 Å². The van der Waals surface area contributed by atoms with Gasteiger partial charge in [0.25, 0.3) is 7.82 Å². The molecular weight excluding hydrogens is 689 g/mol. The Labute approximate surface area is 322 Å². The zero-order valence-corrected chi connectivity index (χ0v) is 34.6. The summed E-state index contributed by atoms with van der Waals surface area (Å²) in [4.78, 5) is 37.4. The predicted molar refractivity (Wildman–Crippen MR) is 217 cm³/mol. The number of unbranched alkanes of at least 4 members (excludes halogenated alkanes) is 9. The summed E-state index contributed by atoms with van der Waals surface area (Å²) in [6, 6.07) is 0. The molecule has 10 heteroatoms. The molecule has 0 aromatic carbocycles. The monoisotopic (exact) mass is 761 g/mol. The molecule has 0 amide bonds. The first-order valence-corrected chi connectivity index (χ1v) is 21.3. The van der Waals surface area contributed by atoms with Gasteiger partial charge in [-0.1, -0.05) is 131 Å². The van der Waals surface area contributed by atoms with Gasteiger partial charge in [-0.15, -0.1) is 0 Å². The second kappa shape index (κ2) is 34.9. The van der Waals surface area contributed by atoms with E-state index in [1.165, 1.54) is 0 Å². The first-order chi connectivity index (χ1) is 25.5. The van der Waals surface area contributed by atoms with Gasteiger partial charge < -0.3 is 27.9 Å². The Kier molecular flexibility index (Phi) is 33.1. The molecule has 0 N–H and O–H groups in total. The van der Waals surface area contributed by atoms with E-state index in [0.29, 0.717) is 23.9 Å². The fraction of sp³-hybridized carbons (Fsp3) is 0.628. The fourth-order valence-electron chi connectivity index (χ4n) is 4.68. The van der Waals surface area contributed by atoms with E-state index in [4.69, 9.17) is 18.5 Å². The van der Waals surface area contributed by atoms with Crippen LogP contribution in [0, 0.1) is 0 Å². The van der Waals surface area contributed by atoms with Gasteiger partial charge in [0.1, 0.15) is 19.8 Å². The summed E-state index contributed by atoms with van der Waals surface area (Å²) in [7, 11) is 1.11. The largest absolute Gasteiger partial charge is 0.756 e. The number of rotatable bonds is 34. The predicted octanol–water partition coefficient (Wildman–Crippen LogP) is 10.2. The molecule has 0 aliphatic carbocycles. The van der Waals surface area contributed by atoms with Crippen molar-refractivity contribution in [1.29, 1.82) is 0 Å². The molecule has 0 aromatic rings. The molecule has 53 heavy (non-hydrogen) atoms. The van der Waals surface area contributed by atoms with Gasteiger partial charge in [-0.05, 0) is 64.2 Å². The van der Waals surface area contributed by atoms with Crippen molar-refractivity contribution < 1.29 is 42.1 Å². The van der Waals surface area contributed by atoms with Gasteiger partial charge in [0.05, 0.1) is 27.7 Å². The van der Waals surface area contributed by atoms with Gasteiger partial charge in [-0.3, -0.25) is 14.2 Å². The second-order valence-electron chi connectivity index (χ2n) is 14.0. The molecule has 0 heterocycles. The smallest absolute Gasteiger partial charge is 0.306 e. The number of allylic oxidation sites excluding steroid dienone is 14. The summed E-state index contributed by atoms with van der Waals surface area (Å²) in [5.74, 6) is -0.908. The van der Waals surface area contributed by atoms with Crippen molar-refractivity contribution in [2.24, 2.45) is 0 Å². The standard InChI is InChI=1S/C43H72NO8P/c1-6-8-10-12-14-16-18-20-21-22-24-25-27-29-31-33-35-42(45)49-39-41(40-51-53(47,48)50-38-37-44(3,4)5)52-43(46)36-34-32-30-28-26-23-19-17-15-13-11-9-7-2/h8-11,13-17,19-21,23,26,41H,6-7,12,18,22,24-25,27-40H2,1-5H3/b10-8+,11-9+,15-13+,16-14+,19-17+,21-20+,26-23+. The lowest BCUT2D eigenvalue weighted by Crippen LogP contribution is -2.37. The van der Waals surface area contributed by atoms with Crippen LogP contribution in [0.25, 0.3) is 0 Å². The summed E-state index contributed by atoms with van der Waals surface area (Å²) >= 11 is 0. The van der Waals surface area contributed by atoms with Crippen molar-refractivity contribution >= 4 is 19.8 Å². The number of hydrogen-bond acceptors (Lipinski definition) is 8. The van der Waals surface area contributed by atoms with Crippen molar-refractivity contribution in [3.8, 4) is 0 Å². The molecule has 0 saturated carbocycles. The minimum absolute atomic E-state index is 0.0463. The molecule has 0 aliphatic heterocycles. The van der Waals surface area contributed by atoms with E-state index >= 15 is 0 Å². The molecular formula is C43H72NO8P. The van der Waals surface area contributed by atoms with Gasteiger partial charge in [0, 0.05) is 12.8 Å². The molecule has 0 aliphatic rings. The maximum Gasteiger partial charge on any atom is 0.306 e. The number of hydrogen-bond donors (Lipinski definition) is 0. The van der Waals surface area contributed by atoms with Gasteiger partial charge in [-0.25, -0.2) is 0 Å². The van der Waals surface area contributed by atoms with E-state index in [1.54, 1.807) is 0 Å². The Hall–Kier alpha value is -2.81. The maximum atomic E-state index is 12.6. The zero-order chi connectivity index (χ0) is 39.3. The zero-order valence-electron chi connectivity index (χ0n) is 33.7. The highest BCUT2D eigenvalue weighted by Crippen LogP contribution is 2.38. The van der Waals surface area contributed by atoms with E-state index in [-0.39, 0.29) is 26.1 Å². The highest BCUT2D eigenvalue weighted by molar-refractivity contribution is 7.45. The number of quaternary nitrogens is 1. The molecule has 302 valence electrons. The summed E-state index contributed by atoms with van der Waals surface area (Å²) in [5, 5.41) is 0. The van der Waals surface area contributed by atoms with Gasteiger partial charge in [0.2, 0.25) is 0 Å². The SMILES string of the molecule is CC/C=C/C=C/C=C/C=C/CCCCCC(=O)OC(COC(=O)CCCCCCCC/C=C/C/C=C/C/C=C/CC)COP(=O)([O-])OCC[N+](C)(C)C. The third-order valence-corrected chi connectivity index (χ3v) is 8.72. The number of ether oxygens (including phenoxy) is 2. The third kappa shape index (κ3) is 38.7. The van der Waals surface area contributed by atoms with E-state index < -0.39 is 32.5 Å². The van der Waals surface area contributed by atoms with Crippen LogP contribution < -0.4 is 4.89 Å². The summed E-state index contributed by atoms with van der Waals surface area (Å²) in [5.41, 5.74) is 0. The van der Waals surface area contributed by atoms with Crippen molar-refractivity contribution in [2.75, 3.05) is 47.5 Å². The lowest BCUT2D eigenvalue weighted by molar-refractivity contribution is -0.870. The van der Waals surface area contributed by atoms with Gasteiger partial charge in [0.15, 0.2) is 6.10 Å². The average Bonchev–Trinajstić information content (AvgIpc) is 3.10. The molecule has 2 unspecified atom stereocenters. The molecule has 9 nitrogen and oxygen atoms in total. The molecule has 0 saturated heterocycles. The summed E-state index contributed by atoms with van der Waals surface area (Å²) < 4.78 is 33.7. The highest BCUT2D eigenvalue weighted by Gasteiger charge is 2.21. The quantitative estimate of drug-likeness (QED) is 0.0159. The van der Waals surface area contributed by atoms with Crippen molar-refractivity contribution in [3.05, 3.63) is 85.1 Å². The van der Waals surface area contributed by atoms with E-state index in [1.807, 2.05) is 57.6 Å². The van der Waals surface area contributed by atoms with E-state index in [2.05, 4.69) is 62.5 Å². The lowest BCUT2D eigenvalue weighted by atomic mass is 10.1. The van der Waals surface area contributed by atoms with Crippen LogP contribution in [0.4, 0.5) is 0 Å². The molecule has 0 spiro atoms. The first kappa shape index (κ1) is 50.2. The molecule has 0 rings (SSSR count). The van der Waals surface area contributed by atoms with E-state index in [0.717, 1.165) is 83.5 Å². The van der Waals surface area contributed by atoms with Gasteiger partial charge >= 0.3 is 11.9 Å². The van der Waals surface area contributed by atoms with E-state index in [9.17, 15) is 19.0 Å². The fourth-order valence-corrected chi connectivity index (χ4v) is 5.41. The van der Waals surface area contributed by atoms with Crippen molar-refractivity contribution in [1.82, 2.24) is 0 Å². The minimum Gasteiger partial charge on any atom is -0.756 e. The second-order valence-corrected chi connectivity index (χ2v) is 15.4. The number of carbonyl (C=O) groups is 2. The number of likely N-dealkylation sites (N-methyl/N-ethyl adjacent to an activating group) is 1. The van der Waals surface area contributed by atoms with Gasteiger partial charge in [-0.2, -0.15) is 0 Å². The first-order valence-electron chi connectivity index (χ1n) is 19.8. The van der Waals surface area contributed by atoms with Crippen LogP contribution in [-0.4, -0.2) is 70.0 Å². The van der Waals surface area contributed by atoms with Crippen LogP contribution in [0.1, 0.15) is 123 Å². The third-order valence-electron chi connectivity index (χ3n) is 7.76. The van der Waals surface area contributed by atoms with Crippen LogP contribution in [0.2, 0.25) is 0 Å². The normalized spacial score (nSPS) is 14.6. The Morgan fingerprint density at radius 3 is 1.75 bits per heavy atom. The maximum absolute atomic E-state index is 12.6. The van der Waals surface area contributed by atoms with Crippen molar-refractivity contribution in [3.63, 3.8) is 0 Å². The summed E-state index contributed by atoms with van der Waals surface area (Å²) in [6.07, 6.45) is 43.3. The Bertz CT molecular complexity index is 1180. The number of nitrogens with zero attached hydrogens (tertiary/aromatic N) is 1. The van der Waals surface area contributed by atoms with Crippen LogP contribution >= 0.6 is 7.82 Å². The molecule has 0 fully saturated rings. The van der Waals surface area contributed by atoms with Crippen LogP contribution in [0.15, 0.2) is 85.1 Å². The Morgan fingerprint density at radius 1 is 0.604 bits per heavy atom. The molecule has 0 radical (unpaired) electrons. The number of carbonyl (C=O) groups excluding carboxylic acids is 2. The molecule has 0 aromatic heterocycles. The Morgan fingerprint density at radius 2 is 1.11 bits per heavy atom. The molecule has 0 bridgehead atoms. The lowest BCUT2D eigenvalue weighted by Gasteiger charge is -2.28. The van der Waals surface area contributed by atoms with Crippen LogP contribution in [-0.2, 0) is 32.7 Å².